The fourth-order valence-electron chi connectivity index (χ4n) is 4.12. The third kappa shape index (κ3) is 7.97. The van der Waals surface area contributed by atoms with Crippen LogP contribution < -0.4 is 26.5 Å². The zero-order valence-electron chi connectivity index (χ0n) is 24.2. The van der Waals surface area contributed by atoms with Gasteiger partial charge in [0.25, 0.3) is 5.91 Å². The number of methoxy groups -OCH3 is 1. The zero-order valence-corrected chi connectivity index (χ0v) is 24.2. The van der Waals surface area contributed by atoms with Crippen molar-refractivity contribution in [2.45, 2.75) is 0 Å². The number of nitrogens with one attached hydrogen (secondary N) is 2. The number of hydrogen-bond acceptors (Lipinski definition) is 10. The van der Waals surface area contributed by atoms with Gasteiger partial charge in [-0.05, 0) is 59.1 Å². The molecular formula is C33H24BN5O7. The lowest BCUT2D eigenvalue weighted by Gasteiger charge is -2.05. The van der Waals surface area contributed by atoms with Gasteiger partial charge in [-0.25, -0.2) is 10.9 Å². The third-order valence-corrected chi connectivity index (χ3v) is 6.34. The van der Waals surface area contributed by atoms with E-state index in [0.717, 1.165) is 11.6 Å². The molecule has 226 valence electrons. The molecule has 5 aromatic rings. The Labute approximate surface area is 262 Å². The smallest absolute Gasteiger partial charge is 0.488 e. The first-order valence-corrected chi connectivity index (χ1v) is 13.6. The Morgan fingerprint density at radius 1 is 0.870 bits per heavy atom. The van der Waals surface area contributed by atoms with Crippen molar-refractivity contribution in [1.82, 2.24) is 15.8 Å². The Balaban J connectivity index is 1.25. The molecule has 0 saturated heterocycles. The van der Waals surface area contributed by atoms with E-state index in [4.69, 9.17) is 9.15 Å². The molecule has 46 heavy (non-hydrogen) atoms. The van der Waals surface area contributed by atoms with E-state index < -0.39 is 24.4 Å². The van der Waals surface area contributed by atoms with Crippen LogP contribution in [0.2, 0.25) is 0 Å². The van der Waals surface area contributed by atoms with E-state index >= 15 is 0 Å². The molecule has 13 heteroatoms. The zero-order chi connectivity index (χ0) is 32.5. The molecule has 12 nitrogen and oxygen atoms in total. The lowest BCUT2D eigenvalue weighted by molar-refractivity contribution is 0.0926. The molecule has 0 bridgehead atoms. The van der Waals surface area contributed by atoms with Crippen molar-refractivity contribution in [3.8, 4) is 17.6 Å². The van der Waals surface area contributed by atoms with E-state index in [1.54, 1.807) is 24.4 Å². The van der Waals surface area contributed by atoms with Crippen LogP contribution in [0.1, 0.15) is 43.2 Å². The summed E-state index contributed by atoms with van der Waals surface area (Å²) in [7, 11) is -0.350. The number of aromatic nitrogens is 1. The van der Waals surface area contributed by atoms with Gasteiger partial charge in [0, 0.05) is 29.6 Å². The van der Waals surface area contributed by atoms with Crippen LogP contribution in [0.4, 0.5) is 0 Å². The van der Waals surface area contributed by atoms with Crippen molar-refractivity contribution in [2.24, 2.45) is 10.2 Å². The van der Waals surface area contributed by atoms with Gasteiger partial charge in [0.2, 0.25) is 0 Å². The number of ether oxygens (including phenoxy) is 1. The number of amides is 2. The quantitative estimate of drug-likeness (QED) is 0.0887. The van der Waals surface area contributed by atoms with Gasteiger partial charge in [0.1, 0.15) is 11.3 Å². The van der Waals surface area contributed by atoms with E-state index in [0.29, 0.717) is 22.4 Å². The fraction of sp³-hybridized carbons (Fsp3) is 0.0303. The Hall–Kier alpha value is -6.36. The summed E-state index contributed by atoms with van der Waals surface area (Å²) in [6.07, 6.45) is 5.47. The van der Waals surface area contributed by atoms with E-state index in [9.17, 15) is 24.4 Å². The van der Waals surface area contributed by atoms with E-state index in [-0.39, 0.29) is 27.8 Å². The molecule has 0 spiro atoms. The largest absolute Gasteiger partial charge is 0.497 e. The summed E-state index contributed by atoms with van der Waals surface area (Å²) in [5.74, 6) is 4.87. The second-order valence-electron chi connectivity index (χ2n) is 9.62. The first-order chi connectivity index (χ1) is 22.3. The lowest BCUT2D eigenvalue weighted by Crippen LogP contribution is -2.30. The highest BCUT2D eigenvalue weighted by Crippen LogP contribution is 2.19. The minimum Gasteiger partial charge on any atom is -0.497 e. The molecule has 0 saturated carbocycles. The Bertz CT molecular complexity index is 2100. The number of fused-ring (bicyclic) bond motifs is 1. The number of nitrogens with zero attached hydrogens (tertiary/aromatic N) is 3. The van der Waals surface area contributed by atoms with Gasteiger partial charge in [0.15, 0.2) is 11.2 Å². The highest BCUT2D eigenvalue weighted by atomic mass is 16.5. The fourth-order valence-corrected chi connectivity index (χ4v) is 4.12. The van der Waals surface area contributed by atoms with Crippen LogP contribution in [0.25, 0.3) is 11.0 Å². The van der Waals surface area contributed by atoms with Crippen molar-refractivity contribution in [2.75, 3.05) is 7.11 Å². The number of hydrogen-bond donors (Lipinski definition) is 4. The van der Waals surface area contributed by atoms with Crippen LogP contribution in [-0.2, 0) is 0 Å². The molecule has 5 rings (SSSR count). The monoisotopic (exact) mass is 613 g/mol. The Kier molecular flexibility index (Phi) is 9.74. The molecule has 0 aliphatic carbocycles. The Morgan fingerprint density at radius 3 is 2.26 bits per heavy atom. The van der Waals surface area contributed by atoms with Crippen LogP contribution in [0.3, 0.4) is 0 Å². The summed E-state index contributed by atoms with van der Waals surface area (Å²) in [5, 5.41) is 27.6. The summed E-state index contributed by atoms with van der Waals surface area (Å²) in [5.41, 5.74) is 6.89. The first-order valence-electron chi connectivity index (χ1n) is 13.6. The molecule has 2 heterocycles. The van der Waals surface area contributed by atoms with Gasteiger partial charge in [-0.15, -0.1) is 0 Å². The number of benzene rings is 3. The second-order valence-corrected chi connectivity index (χ2v) is 9.62. The maximum atomic E-state index is 12.7. The van der Waals surface area contributed by atoms with Gasteiger partial charge in [-0.1, -0.05) is 42.2 Å². The lowest BCUT2D eigenvalue weighted by atomic mass is 9.79. The number of hydrazone groups is 2. The predicted molar refractivity (Wildman–Crippen MR) is 172 cm³/mol. The average Bonchev–Trinajstić information content (AvgIpc) is 3.07. The number of rotatable bonds is 8. The topological polar surface area (TPSA) is 176 Å². The molecule has 2 aromatic heterocycles. The van der Waals surface area contributed by atoms with Crippen molar-refractivity contribution in [3.63, 3.8) is 0 Å². The molecule has 0 unspecified atom stereocenters. The molecule has 2 amide bonds. The average molecular weight is 613 g/mol. The molecule has 0 fully saturated rings. The van der Waals surface area contributed by atoms with Gasteiger partial charge >= 0.3 is 13.0 Å². The molecule has 0 atom stereocenters. The molecule has 3 aromatic carbocycles. The maximum absolute atomic E-state index is 12.7. The van der Waals surface area contributed by atoms with Gasteiger partial charge in [0.05, 0.1) is 30.5 Å². The second kappa shape index (κ2) is 14.4. The highest BCUT2D eigenvalue weighted by Gasteiger charge is 2.14. The molecular weight excluding hydrogens is 589 g/mol. The maximum Gasteiger partial charge on any atom is 0.488 e. The number of carbonyl (C=O) groups excluding carboxylic acids is 2. The summed E-state index contributed by atoms with van der Waals surface area (Å²) in [4.78, 5) is 41.8. The summed E-state index contributed by atoms with van der Waals surface area (Å²) in [6, 6.07) is 21.1. The third-order valence-electron chi connectivity index (χ3n) is 6.34. The summed E-state index contributed by atoms with van der Waals surface area (Å²) < 4.78 is 10.7. The van der Waals surface area contributed by atoms with Gasteiger partial charge < -0.3 is 19.2 Å². The summed E-state index contributed by atoms with van der Waals surface area (Å²) in [6.45, 7) is 0. The van der Waals surface area contributed by atoms with Crippen LogP contribution in [0, 0.1) is 11.8 Å². The summed E-state index contributed by atoms with van der Waals surface area (Å²) >= 11 is 0. The molecule has 0 aliphatic heterocycles. The SMILES string of the molecule is COc1ccc2oc(C(=O)N/N=C/c3cc(/C=N/NC(=O)c4cncc(C#Cc5ccccc5)c4)cc(B(O)O)c3)cc(=O)c2c1. The molecule has 0 aliphatic rings. The van der Waals surface area contributed by atoms with Crippen LogP contribution >= 0.6 is 0 Å². The van der Waals surface area contributed by atoms with Gasteiger partial charge in [-0.2, -0.15) is 10.2 Å². The van der Waals surface area contributed by atoms with Crippen LogP contribution in [0.5, 0.6) is 5.75 Å². The van der Waals surface area contributed by atoms with E-state index in [1.165, 1.54) is 50.0 Å². The van der Waals surface area contributed by atoms with Crippen molar-refractivity contribution >= 4 is 47.8 Å². The highest BCUT2D eigenvalue weighted by molar-refractivity contribution is 6.58. The van der Waals surface area contributed by atoms with Crippen molar-refractivity contribution in [3.05, 3.63) is 135 Å². The van der Waals surface area contributed by atoms with Crippen molar-refractivity contribution in [1.29, 1.82) is 0 Å². The van der Waals surface area contributed by atoms with Crippen LogP contribution in [0.15, 0.2) is 111 Å². The standard InChI is InChI=1S/C33H24BN5O7/c1-45-27-9-10-30-28(15-27)29(40)16-31(46-30)33(42)39-37-19-24-11-23(13-26(14-24)34(43)44)18-36-38-32(41)25-12-22(17-35-20-25)8-7-21-5-3-2-4-6-21/h2-6,9-20,43-44H,1H3,(H,38,41)(H,39,42)/b36-18+,37-19+. The van der Waals surface area contributed by atoms with Crippen LogP contribution in [-0.4, -0.2) is 53.5 Å². The normalized spacial score (nSPS) is 10.8. The minimum atomic E-state index is -1.82. The minimum absolute atomic E-state index is 0.105. The number of pyridine rings is 1. The van der Waals surface area contributed by atoms with E-state index in [1.807, 2.05) is 30.3 Å². The molecule has 0 radical (unpaired) electrons. The number of carbonyl (C=O) groups is 2. The molecule has 4 N–H and O–H groups in total. The predicted octanol–water partition coefficient (Wildman–Crippen LogP) is 1.80. The first kappa shape index (κ1) is 31.1. The van der Waals surface area contributed by atoms with E-state index in [2.05, 4.69) is 37.9 Å². The van der Waals surface area contributed by atoms with Gasteiger partial charge in [-0.3, -0.25) is 19.4 Å². The van der Waals surface area contributed by atoms with Crippen molar-refractivity contribution < 1.29 is 28.8 Å². The Morgan fingerprint density at radius 2 is 1.57 bits per heavy atom.